The number of fused-ring (bicyclic) bond motifs is 8. The minimum atomic E-state index is -1.00. The van der Waals surface area contributed by atoms with Gasteiger partial charge in [-0.15, -0.1) is 0 Å². The molecule has 0 aliphatic carbocycles. The van der Waals surface area contributed by atoms with E-state index in [1.807, 2.05) is 48.5 Å². The summed E-state index contributed by atoms with van der Waals surface area (Å²) in [5, 5.41) is 16.5. The zero-order valence-corrected chi connectivity index (χ0v) is 31.3. The van der Waals surface area contributed by atoms with Crippen LogP contribution in [-0.2, 0) is 0 Å². The predicted molar refractivity (Wildman–Crippen MR) is 234 cm³/mol. The van der Waals surface area contributed by atoms with Crippen LogP contribution in [0.1, 0.15) is 40.5 Å². The van der Waals surface area contributed by atoms with Gasteiger partial charge in [0.05, 0.1) is 22.8 Å². The third-order valence-electron chi connectivity index (χ3n) is 10.9. The van der Waals surface area contributed by atoms with Crippen molar-refractivity contribution < 1.29 is 5.11 Å². The number of benzene rings is 5. The monoisotopic (exact) mass is 737 g/mol. The first-order chi connectivity index (χ1) is 28.1. The van der Waals surface area contributed by atoms with E-state index in [1.165, 1.54) is 0 Å². The number of nitrogens with one attached hydrogen (secondary N) is 3. The van der Waals surface area contributed by atoms with Gasteiger partial charge in [-0.2, -0.15) is 0 Å². The highest BCUT2D eigenvalue weighted by atomic mass is 16.3. The summed E-state index contributed by atoms with van der Waals surface area (Å²) in [7, 11) is 0. The van der Waals surface area contributed by atoms with E-state index < -0.39 is 12.1 Å². The van der Waals surface area contributed by atoms with Crippen molar-refractivity contribution in [2.45, 2.75) is 19.1 Å². The molecule has 8 bridgehead atoms. The minimum Gasteiger partial charge on any atom is -0.384 e. The average Bonchev–Trinajstić information content (AvgIpc) is 4.09. The Hall–Kier alpha value is -7.28. The number of aromatic amines is 2. The van der Waals surface area contributed by atoms with E-state index in [0.29, 0.717) is 5.69 Å². The maximum absolute atomic E-state index is 12.7. The van der Waals surface area contributed by atoms with Gasteiger partial charge < -0.3 is 20.4 Å². The maximum Gasteiger partial charge on any atom is 0.122 e. The van der Waals surface area contributed by atoms with Gasteiger partial charge in [0.15, 0.2) is 0 Å². The summed E-state index contributed by atoms with van der Waals surface area (Å²) in [5.74, 6) is 0. The molecular formula is C51H39N5O. The Morgan fingerprint density at radius 1 is 0.439 bits per heavy atom. The van der Waals surface area contributed by atoms with Crippen LogP contribution in [0.3, 0.4) is 0 Å². The number of aryl methyl sites for hydroxylation is 1. The number of H-pyrrole nitrogens is 2. The average molecular weight is 738 g/mol. The van der Waals surface area contributed by atoms with Gasteiger partial charge in [0.25, 0.3) is 0 Å². The molecular weight excluding hydrogens is 699 g/mol. The van der Waals surface area contributed by atoms with Crippen LogP contribution < -0.4 is 5.32 Å². The topological polar surface area (TPSA) is 89.6 Å². The zero-order valence-electron chi connectivity index (χ0n) is 31.3. The van der Waals surface area contributed by atoms with Gasteiger partial charge in [-0.1, -0.05) is 139 Å². The summed E-state index contributed by atoms with van der Waals surface area (Å²) in [6.45, 7) is 2.08. The molecule has 5 heterocycles. The molecule has 0 fully saturated rings. The lowest BCUT2D eigenvalue weighted by atomic mass is 9.95. The lowest BCUT2D eigenvalue weighted by molar-refractivity contribution is 0.162. The van der Waals surface area contributed by atoms with Gasteiger partial charge in [0.1, 0.15) is 12.1 Å². The van der Waals surface area contributed by atoms with Crippen molar-refractivity contribution >= 4 is 39.9 Å². The molecule has 2 atom stereocenters. The van der Waals surface area contributed by atoms with Crippen LogP contribution >= 0.6 is 0 Å². The molecule has 274 valence electrons. The van der Waals surface area contributed by atoms with E-state index in [2.05, 4.69) is 156 Å². The number of aromatic nitrogens is 4. The van der Waals surface area contributed by atoms with Crippen molar-refractivity contribution in [2.75, 3.05) is 5.32 Å². The second-order valence-corrected chi connectivity index (χ2v) is 14.6. The Bertz CT molecular complexity index is 2930. The van der Waals surface area contributed by atoms with Crippen molar-refractivity contribution in [3.8, 4) is 44.5 Å². The number of aliphatic hydroxyl groups excluding tert-OH is 1. The van der Waals surface area contributed by atoms with Gasteiger partial charge in [-0.25, -0.2) is 4.98 Å². The van der Waals surface area contributed by atoms with Crippen LogP contribution in [0, 0.1) is 6.92 Å². The molecule has 0 radical (unpaired) electrons. The Morgan fingerprint density at radius 2 is 0.825 bits per heavy atom. The third kappa shape index (κ3) is 6.32. The van der Waals surface area contributed by atoms with Crippen LogP contribution in [0.25, 0.3) is 78.7 Å². The second kappa shape index (κ2) is 14.4. The molecule has 0 saturated carbocycles. The highest BCUT2D eigenvalue weighted by molar-refractivity contribution is 5.97. The lowest BCUT2D eigenvalue weighted by Gasteiger charge is -2.21. The number of rotatable bonds is 6. The first kappa shape index (κ1) is 34.2. The smallest absolute Gasteiger partial charge is 0.122 e. The normalized spacial score (nSPS) is 14.8. The van der Waals surface area contributed by atoms with Crippen LogP contribution in [0.4, 0.5) is 5.69 Å². The Balaban J connectivity index is 1.40. The molecule has 0 amide bonds. The summed E-state index contributed by atoms with van der Waals surface area (Å²) < 4.78 is 0. The number of nitrogens with zero attached hydrogens (tertiary/aromatic N) is 2. The van der Waals surface area contributed by atoms with Gasteiger partial charge in [-0.3, -0.25) is 4.98 Å². The summed E-state index contributed by atoms with van der Waals surface area (Å²) in [5.41, 5.74) is 16.3. The highest BCUT2D eigenvalue weighted by Crippen LogP contribution is 2.45. The number of hydrogen-bond donors (Lipinski definition) is 4. The molecule has 2 aliphatic heterocycles. The van der Waals surface area contributed by atoms with E-state index >= 15 is 0 Å². The first-order valence-corrected chi connectivity index (χ1v) is 19.3. The molecule has 0 unspecified atom stereocenters. The first-order valence-electron chi connectivity index (χ1n) is 19.3. The van der Waals surface area contributed by atoms with Crippen LogP contribution in [0.15, 0.2) is 170 Å². The summed E-state index contributed by atoms with van der Waals surface area (Å²) in [6.07, 6.45) is 3.22. The highest BCUT2D eigenvalue weighted by Gasteiger charge is 2.36. The number of anilines is 1. The predicted octanol–water partition coefficient (Wildman–Crippen LogP) is 12.3. The fourth-order valence-corrected chi connectivity index (χ4v) is 8.16. The maximum atomic E-state index is 12.7. The molecule has 8 aromatic rings. The van der Waals surface area contributed by atoms with Crippen molar-refractivity contribution in [3.05, 3.63) is 198 Å². The van der Waals surface area contributed by atoms with Gasteiger partial charge in [-0.05, 0) is 77.7 Å². The van der Waals surface area contributed by atoms with E-state index in [1.54, 1.807) is 0 Å². The molecule has 0 spiro atoms. The lowest BCUT2D eigenvalue weighted by Crippen LogP contribution is -2.16. The molecule has 4 N–H and O–H groups in total. The Morgan fingerprint density at radius 3 is 1.26 bits per heavy atom. The number of aliphatic hydroxyl groups is 1. The SMILES string of the molecule is Cc1ccc(N[C@@H]2c3nc(c(-c4ccccc4)c4ccc([nH]4)c(-c4ccccc4)c4nc(c(-c5ccccc5)c5ccc([nH]5)c3-c3ccccc3)C=C4)[C@H]2O)cc1. The van der Waals surface area contributed by atoms with Crippen molar-refractivity contribution in [1.29, 1.82) is 0 Å². The standard InChI is InChI=1S/C51H39N5O/c1-32-22-24-37(25-23-32)52-50-48-46(35-18-10-4-11-19-35)42-30-28-40(54-42)44(33-14-6-2-7-15-33)38-26-27-39(53-38)45(34-16-8-3-9-17-34)41-29-31-43(55-41)47(49(56-48)51(50)57)36-20-12-5-13-21-36/h2-31,50-52,54-55,57H,1H3/t50-,51-/m1/s1. The molecule has 5 aromatic carbocycles. The van der Waals surface area contributed by atoms with Gasteiger partial charge in [0.2, 0.25) is 0 Å². The molecule has 3 aromatic heterocycles. The molecule has 57 heavy (non-hydrogen) atoms. The van der Waals surface area contributed by atoms with Crippen molar-refractivity contribution in [3.63, 3.8) is 0 Å². The van der Waals surface area contributed by atoms with E-state index in [4.69, 9.17) is 9.97 Å². The summed E-state index contributed by atoms with van der Waals surface area (Å²) >= 11 is 0. The number of hydrogen-bond acceptors (Lipinski definition) is 4. The zero-order chi connectivity index (χ0) is 38.3. The Kier molecular flexibility index (Phi) is 8.66. The molecule has 6 nitrogen and oxygen atoms in total. The Labute approximate surface area is 330 Å². The van der Waals surface area contributed by atoms with Crippen molar-refractivity contribution in [2.24, 2.45) is 0 Å². The van der Waals surface area contributed by atoms with E-state index in [9.17, 15) is 5.11 Å². The fourth-order valence-electron chi connectivity index (χ4n) is 8.16. The molecule has 10 rings (SSSR count). The molecule has 0 saturated heterocycles. The third-order valence-corrected chi connectivity index (χ3v) is 10.9. The van der Waals surface area contributed by atoms with Crippen LogP contribution in [0.5, 0.6) is 0 Å². The van der Waals surface area contributed by atoms with Crippen LogP contribution in [-0.4, -0.2) is 25.0 Å². The van der Waals surface area contributed by atoms with Gasteiger partial charge >= 0.3 is 0 Å². The van der Waals surface area contributed by atoms with E-state index in [0.717, 1.165) is 94.9 Å². The quantitative estimate of drug-likeness (QED) is 0.137. The fraction of sp³-hybridized carbons (Fsp3) is 0.0588. The molecule has 6 heteroatoms. The molecule has 2 aliphatic rings. The minimum absolute atomic E-state index is 0.577. The van der Waals surface area contributed by atoms with E-state index in [-0.39, 0.29) is 0 Å². The van der Waals surface area contributed by atoms with Crippen molar-refractivity contribution in [1.82, 2.24) is 19.9 Å². The van der Waals surface area contributed by atoms with Gasteiger partial charge in [0, 0.05) is 50.0 Å². The largest absolute Gasteiger partial charge is 0.384 e. The summed E-state index contributed by atoms with van der Waals surface area (Å²) in [6, 6.07) is 57.5. The second-order valence-electron chi connectivity index (χ2n) is 14.6. The summed E-state index contributed by atoms with van der Waals surface area (Å²) in [4.78, 5) is 18.5. The van der Waals surface area contributed by atoms with Crippen LogP contribution in [0.2, 0.25) is 0 Å².